The van der Waals surface area contributed by atoms with E-state index in [0.29, 0.717) is 30.1 Å². The molecule has 180 valence electrons. The van der Waals surface area contributed by atoms with Crippen LogP contribution in [0, 0.1) is 5.82 Å². The number of methoxy groups -OCH3 is 1. The van der Waals surface area contributed by atoms with Gasteiger partial charge in [-0.25, -0.2) is 4.39 Å². The average Bonchev–Trinajstić information content (AvgIpc) is 3.01. The molecule has 0 saturated heterocycles. The van der Waals surface area contributed by atoms with Gasteiger partial charge in [-0.05, 0) is 61.2 Å². The van der Waals surface area contributed by atoms with E-state index in [1.807, 2.05) is 49.4 Å². The third-order valence-corrected chi connectivity index (χ3v) is 6.89. The molecule has 0 radical (unpaired) electrons. The summed E-state index contributed by atoms with van der Waals surface area (Å²) in [5.74, 6) is 0.725. The summed E-state index contributed by atoms with van der Waals surface area (Å²) in [5.41, 5.74) is 4.14. The second-order valence-electron chi connectivity index (χ2n) is 8.65. The summed E-state index contributed by atoms with van der Waals surface area (Å²) in [5, 5.41) is 7.12. The van der Waals surface area contributed by atoms with Crippen LogP contribution in [0.4, 0.5) is 15.8 Å². The lowest BCUT2D eigenvalue weighted by atomic mass is 9.78. The lowest BCUT2D eigenvalue weighted by Gasteiger charge is -2.30. The minimum atomic E-state index is -0.710. The molecule has 0 spiro atoms. The number of para-hydroxylation sites is 2. The number of anilines is 2. The summed E-state index contributed by atoms with van der Waals surface area (Å²) in [6.07, 6.45) is 0.870. The maximum absolute atomic E-state index is 15.1. The van der Waals surface area contributed by atoms with Crippen molar-refractivity contribution in [2.45, 2.75) is 31.7 Å². The van der Waals surface area contributed by atoms with Crippen LogP contribution in [-0.4, -0.2) is 19.5 Å². The number of carbonyl (C=O) groups excluding carboxylic acids is 1. The van der Waals surface area contributed by atoms with E-state index in [1.165, 1.54) is 6.07 Å². The molecule has 2 aliphatic rings. The molecule has 0 saturated carbocycles. The largest absolute Gasteiger partial charge is 0.493 e. The monoisotopic (exact) mass is 492 g/mol. The number of allylic oxidation sites excluding steroid dienone is 1. The Kier molecular flexibility index (Phi) is 6.39. The van der Waals surface area contributed by atoms with Gasteiger partial charge in [0.05, 0.1) is 31.1 Å². The van der Waals surface area contributed by atoms with E-state index in [-0.39, 0.29) is 28.7 Å². The smallest absolute Gasteiger partial charge is 0.163 e. The number of hydrogen-bond donors (Lipinski definition) is 2. The van der Waals surface area contributed by atoms with E-state index in [9.17, 15) is 4.79 Å². The summed E-state index contributed by atoms with van der Waals surface area (Å²) in [4.78, 5) is 13.7. The highest BCUT2D eigenvalue weighted by Gasteiger charge is 2.38. The molecule has 3 aromatic rings. The molecule has 1 aliphatic carbocycles. The highest BCUT2D eigenvalue weighted by atomic mass is 35.5. The Morgan fingerprint density at radius 3 is 2.57 bits per heavy atom. The van der Waals surface area contributed by atoms with Gasteiger partial charge in [-0.1, -0.05) is 35.9 Å². The number of rotatable bonds is 5. The van der Waals surface area contributed by atoms with E-state index in [2.05, 4.69) is 10.6 Å². The molecule has 0 unspecified atom stereocenters. The van der Waals surface area contributed by atoms with Crippen molar-refractivity contribution in [3.8, 4) is 11.5 Å². The molecule has 0 bridgehead atoms. The number of benzene rings is 3. The standard InChI is InChI=1S/C28H26ClFN2O3/c1-3-35-24-12-11-16(15-25(24)34-2)17-13-22-27(23(33)14-17)28(26-18(29)7-6-8-19(26)30)32-21-10-5-4-9-20(21)31-22/h4-12,15,17,28,31-32H,3,13-14H2,1-2H3/t17-,28+/m0/s1. The van der Waals surface area contributed by atoms with Crippen molar-refractivity contribution >= 4 is 28.8 Å². The quantitative estimate of drug-likeness (QED) is 0.407. The summed E-state index contributed by atoms with van der Waals surface area (Å²) in [6, 6.07) is 17.3. The molecular weight excluding hydrogens is 467 g/mol. The fraction of sp³-hybridized carbons (Fsp3) is 0.250. The number of Topliss-reactive ketones (excluding diaryl/α,β-unsaturated/α-hetero) is 1. The molecule has 2 N–H and O–H groups in total. The zero-order chi connectivity index (χ0) is 24.5. The van der Waals surface area contributed by atoms with Crippen LogP contribution in [0.3, 0.4) is 0 Å². The van der Waals surface area contributed by atoms with Crippen molar-refractivity contribution in [1.82, 2.24) is 0 Å². The van der Waals surface area contributed by atoms with Crippen molar-refractivity contribution in [3.05, 3.63) is 93.9 Å². The second-order valence-corrected chi connectivity index (χ2v) is 9.05. The number of halogens is 2. The van der Waals surface area contributed by atoms with Gasteiger partial charge in [-0.15, -0.1) is 0 Å². The van der Waals surface area contributed by atoms with E-state index >= 15 is 4.39 Å². The SMILES string of the molecule is CCOc1ccc([C@@H]2CC(=O)C3=C(C2)Nc2ccccc2N[C@@H]3c2c(F)cccc2Cl)cc1OC. The van der Waals surface area contributed by atoms with Crippen LogP contribution in [0.2, 0.25) is 5.02 Å². The highest BCUT2D eigenvalue weighted by molar-refractivity contribution is 6.31. The summed E-state index contributed by atoms with van der Waals surface area (Å²) in [6.45, 7) is 2.45. The van der Waals surface area contributed by atoms with Gasteiger partial charge in [0.15, 0.2) is 17.3 Å². The molecular formula is C28H26ClFN2O3. The fourth-order valence-electron chi connectivity index (χ4n) is 4.94. The molecule has 0 aromatic heterocycles. The zero-order valence-corrected chi connectivity index (χ0v) is 20.3. The van der Waals surface area contributed by atoms with E-state index < -0.39 is 11.9 Å². The summed E-state index contributed by atoms with van der Waals surface area (Å²) < 4.78 is 26.2. The van der Waals surface area contributed by atoms with Crippen molar-refractivity contribution in [2.75, 3.05) is 24.4 Å². The molecule has 5 nitrogen and oxygen atoms in total. The first-order valence-electron chi connectivity index (χ1n) is 11.6. The normalized spacial score (nSPS) is 19.1. The van der Waals surface area contributed by atoms with Crippen molar-refractivity contribution in [3.63, 3.8) is 0 Å². The van der Waals surface area contributed by atoms with Crippen LogP contribution in [0.5, 0.6) is 11.5 Å². The minimum absolute atomic E-state index is 0.0544. The maximum atomic E-state index is 15.1. The maximum Gasteiger partial charge on any atom is 0.163 e. The molecule has 3 aromatic carbocycles. The van der Waals surface area contributed by atoms with Crippen LogP contribution in [0.1, 0.15) is 42.9 Å². The second kappa shape index (κ2) is 9.62. The molecule has 0 amide bonds. The third kappa shape index (κ3) is 4.34. The Bertz CT molecular complexity index is 1300. The van der Waals surface area contributed by atoms with Crippen LogP contribution in [-0.2, 0) is 4.79 Å². The Morgan fingerprint density at radius 1 is 1.03 bits per heavy atom. The van der Waals surface area contributed by atoms with Gasteiger partial charge >= 0.3 is 0 Å². The summed E-state index contributed by atoms with van der Waals surface area (Å²) in [7, 11) is 1.60. The van der Waals surface area contributed by atoms with Gasteiger partial charge in [0.1, 0.15) is 5.82 Å². The zero-order valence-electron chi connectivity index (χ0n) is 19.5. The Balaban J connectivity index is 1.59. The molecule has 2 atom stereocenters. The Labute approximate surface area is 208 Å². The molecule has 0 fully saturated rings. The highest BCUT2D eigenvalue weighted by Crippen LogP contribution is 2.46. The number of nitrogens with one attached hydrogen (secondary N) is 2. The molecule has 5 rings (SSSR count). The first-order chi connectivity index (χ1) is 17.0. The average molecular weight is 493 g/mol. The summed E-state index contributed by atoms with van der Waals surface area (Å²) >= 11 is 6.46. The fourth-order valence-corrected chi connectivity index (χ4v) is 5.22. The predicted molar refractivity (Wildman–Crippen MR) is 136 cm³/mol. The Morgan fingerprint density at radius 2 is 1.83 bits per heavy atom. The first kappa shape index (κ1) is 23.2. The van der Waals surface area contributed by atoms with Gasteiger partial charge in [0.2, 0.25) is 0 Å². The minimum Gasteiger partial charge on any atom is -0.493 e. The van der Waals surface area contributed by atoms with Crippen molar-refractivity contribution in [2.24, 2.45) is 0 Å². The van der Waals surface area contributed by atoms with E-state index in [1.54, 1.807) is 19.2 Å². The van der Waals surface area contributed by atoms with Gasteiger partial charge in [0.25, 0.3) is 0 Å². The van der Waals surface area contributed by atoms with Crippen LogP contribution in [0.25, 0.3) is 0 Å². The van der Waals surface area contributed by atoms with E-state index in [4.69, 9.17) is 21.1 Å². The number of carbonyl (C=O) groups is 1. The molecule has 35 heavy (non-hydrogen) atoms. The lowest BCUT2D eigenvalue weighted by molar-refractivity contribution is -0.116. The van der Waals surface area contributed by atoms with Crippen LogP contribution < -0.4 is 20.1 Å². The van der Waals surface area contributed by atoms with Crippen LogP contribution in [0.15, 0.2) is 71.9 Å². The first-order valence-corrected chi connectivity index (χ1v) is 12.0. The number of hydrogen-bond acceptors (Lipinski definition) is 5. The van der Waals surface area contributed by atoms with Gasteiger partial charge < -0.3 is 20.1 Å². The topological polar surface area (TPSA) is 59.6 Å². The lowest BCUT2D eigenvalue weighted by Crippen LogP contribution is -2.27. The molecule has 1 aliphatic heterocycles. The van der Waals surface area contributed by atoms with Crippen molar-refractivity contribution < 1.29 is 18.7 Å². The Hall–Kier alpha value is -3.51. The number of fused-ring (bicyclic) bond motifs is 1. The van der Waals surface area contributed by atoms with Crippen LogP contribution >= 0.6 is 11.6 Å². The van der Waals surface area contributed by atoms with Gasteiger partial charge in [-0.2, -0.15) is 0 Å². The number of ether oxygens (including phenoxy) is 2. The van der Waals surface area contributed by atoms with Crippen molar-refractivity contribution in [1.29, 1.82) is 0 Å². The molecule has 1 heterocycles. The predicted octanol–water partition coefficient (Wildman–Crippen LogP) is 6.87. The van der Waals surface area contributed by atoms with Gasteiger partial charge in [0, 0.05) is 28.3 Å². The number of ketones is 1. The third-order valence-electron chi connectivity index (χ3n) is 6.56. The van der Waals surface area contributed by atoms with E-state index in [0.717, 1.165) is 22.6 Å². The van der Waals surface area contributed by atoms with Gasteiger partial charge in [-0.3, -0.25) is 4.79 Å². The molecule has 7 heteroatoms.